The molecule has 1 saturated heterocycles. The Balaban J connectivity index is 1.56. The van der Waals surface area contributed by atoms with Crippen LogP contribution in [0.4, 0.5) is 4.39 Å². The predicted molar refractivity (Wildman–Crippen MR) is 112 cm³/mol. The largest absolute Gasteiger partial charge is 0.349 e. The third-order valence-electron chi connectivity index (χ3n) is 5.21. The van der Waals surface area contributed by atoms with Gasteiger partial charge in [-0.25, -0.2) is 9.37 Å². The van der Waals surface area contributed by atoms with E-state index in [9.17, 15) is 14.0 Å². The lowest BCUT2D eigenvalue weighted by Crippen LogP contribution is -2.49. The van der Waals surface area contributed by atoms with Gasteiger partial charge < -0.3 is 20.9 Å². The van der Waals surface area contributed by atoms with Crippen molar-refractivity contribution < 1.29 is 14.0 Å². The fourth-order valence-electron chi connectivity index (χ4n) is 3.63. The zero-order valence-electron chi connectivity index (χ0n) is 16.1. The molecular weight excluding hydrogens is 409 g/mol. The Hall–Kier alpha value is -2.97. The minimum Gasteiger partial charge on any atom is -0.349 e. The number of aromatic amines is 1. The molecule has 1 aliphatic heterocycles. The van der Waals surface area contributed by atoms with E-state index in [1.807, 2.05) is 0 Å². The Bertz CT molecular complexity index is 1080. The molecule has 3 heterocycles. The number of nitrogens with one attached hydrogen (secondary N) is 2. The van der Waals surface area contributed by atoms with E-state index in [1.165, 1.54) is 12.1 Å². The molecule has 2 amide bonds. The van der Waals surface area contributed by atoms with Crippen molar-refractivity contribution in [2.24, 2.45) is 5.73 Å². The summed E-state index contributed by atoms with van der Waals surface area (Å²) in [6.45, 7) is 0.998. The molecule has 1 fully saturated rings. The highest BCUT2D eigenvalue weighted by atomic mass is 35.5. The van der Waals surface area contributed by atoms with E-state index in [1.54, 1.807) is 35.4 Å². The Morgan fingerprint density at radius 1 is 1.33 bits per heavy atom. The molecule has 2 aromatic heterocycles. The fraction of sp³-hybridized carbons (Fsp3) is 0.286. The molecule has 4 rings (SSSR count). The molecule has 2 atom stereocenters. The van der Waals surface area contributed by atoms with Gasteiger partial charge >= 0.3 is 0 Å². The van der Waals surface area contributed by atoms with Crippen LogP contribution in [0.3, 0.4) is 0 Å². The van der Waals surface area contributed by atoms with Gasteiger partial charge in [0.1, 0.15) is 22.7 Å². The van der Waals surface area contributed by atoms with E-state index in [2.05, 4.69) is 15.3 Å². The lowest BCUT2D eigenvalue weighted by molar-refractivity contribution is -0.132. The van der Waals surface area contributed by atoms with Crippen molar-refractivity contribution in [2.75, 3.05) is 13.1 Å². The highest BCUT2D eigenvalue weighted by Crippen LogP contribution is 2.18. The van der Waals surface area contributed by atoms with E-state index < -0.39 is 11.9 Å². The number of benzene rings is 1. The Kier molecular flexibility index (Phi) is 5.69. The summed E-state index contributed by atoms with van der Waals surface area (Å²) in [6.07, 6.45) is 2.50. The maximum absolute atomic E-state index is 13.3. The fourth-order valence-corrected chi connectivity index (χ4v) is 3.79. The number of carbonyl (C=O) groups is 2. The summed E-state index contributed by atoms with van der Waals surface area (Å²) in [7, 11) is 0. The molecule has 0 aliphatic carbocycles. The number of fused-ring (bicyclic) bond motifs is 1. The smallest absolute Gasteiger partial charge is 0.268 e. The Morgan fingerprint density at radius 2 is 2.10 bits per heavy atom. The molecule has 1 aliphatic rings. The van der Waals surface area contributed by atoms with Crippen LogP contribution >= 0.6 is 11.6 Å². The molecule has 0 spiro atoms. The number of hydrogen-bond donors (Lipinski definition) is 3. The van der Waals surface area contributed by atoms with Gasteiger partial charge in [-0.2, -0.15) is 0 Å². The molecule has 9 heteroatoms. The summed E-state index contributed by atoms with van der Waals surface area (Å²) < 4.78 is 13.3. The van der Waals surface area contributed by atoms with Crippen molar-refractivity contribution >= 4 is 34.3 Å². The zero-order chi connectivity index (χ0) is 21.3. The number of hydrogen-bond acceptors (Lipinski definition) is 4. The van der Waals surface area contributed by atoms with Crippen molar-refractivity contribution in [3.8, 4) is 0 Å². The van der Waals surface area contributed by atoms with Crippen LogP contribution in [0.15, 0.2) is 42.6 Å². The lowest BCUT2D eigenvalue weighted by Gasteiger charge is -2.24. The second kappa shape index (κ2) is 8.41. The highest BCUT2D eigenvalue weighted by molar-refractivity contribution is 6.30. The van der Waals surface area contributed by atoms with Crippen LogP contribution in [0.5, 0.6) is 0 Å². The second-order valence-corrected chi connectivity index (χ2v) is 7.85. The quantitative estimate of drug-likeness (QED) is 0.541. The van der Waals surface area contributed by atoms with Crippen molar-refractivity contribution in [1.82, 2.24) is 20.2 Å². The van der Waals surface area contributed by atoms with Gasteiger partial charge in [-0.3, -0.25) is 9.59 Å². The van der Waals surface area contributed by atoms with E-state index in [0.717, 1.165) is 17.4 Å². The molecule has 3 aromatic rings. The van der Waals surface area contributed by atoms with Crippen LogP contribution in [0.2, 0.25) is 5.15 Å². The van der Waals surface area contributed by atoms with Crippen LogP contribution in [-0.4, -0.2) is 51.9 Å². The number of carbonyl (C=O) groups excluding carboxylic acids is 2. The summed E-state index contributed by atoms with van der Waals surface area (Å²) in [6, 6.07) is 8.31. The molecule has 0 bridgehead atoms. The molecule has 0 unspecified atom stereocenters. The monoisotopic (exact) mass is 429 g/mol. The van der Waals surface area contributed by atoms with Gasteiger partial charge in [-0.05, 0) is 36.2 Å². The van der Waals surface area contributed by atoms with E-state index >= 15 is 0 Å². The molecule has 1 aromatic carbocycles. The van der Waals surface area contributed by atoms with Crippen molar-refractivity contribution in [3.63, 3.8) is 0 Å². The molecule has 156 valence electrons. The van der Waals surface area contributed by atoms with Gasteiger partial charge in [-0.1, -0.05) is 23.7 Å². The normalized spacial score (nSPS) is 17.3. The first kappa shape index (κ1) is 20.3. The summed E-state index contributed by atoms with van der Waals surface area (Å²) in [4.78, 5) is 34.6. The third kappa shape index (κ3) is 4.44. The molecule has 0 saturated carbocycles. The minimum atomic E-state index is -0.804. The van der Waals surface area contributed by atoms with E-state index in [-0.39, 0.29) is 24.2 Å². The summed E-state index contributed by atoms with van der Waals surface area (Å²) in [5.41, 5.74) is 7.64. The highest BCUT2D eigenvalue weighted by Gasteiger charge is 2.31. The van der Waals surface area contributed by atoms with E-state index in [4.69, 9.17) is 17.3 Å². The number of pyridine rings is 1. The first-order chi connectivity index (χ1) is 14.4. The number of rotatable bonds is 5. The van der Waals surface area contributed by atoms with Gasteiger partial charge in [0.15, 0.2) is 0 Å². The molecule has 0 radical (unpaired) electrons. The SMILES string of the molecule is N[C@H]1CCN(C(=O)[C@H](Cc2ccc(F)cc2)NC(=O)c2cc3cc(Cl)ncc3[nH]2)C1. The number of aromatic nitrogens is 2. The van der Waals surface area contributed by atoms with Crippen LogP contribution in [0, 0.1) is 5.82 Å². The Labute approximate surface area is 177 Å². The van der Waals surface area contributed by atoms with Crippen molar-refractivity contribution in [1.29, 1.82) is 0 Å². The molecule has 7 nitrogen and oxygen atoms in total. The van der Waals surface area contributed by atoms with Gasteiger partial charge in [-0.15, -0.1) is 0 Å². The number of amides is 2. The number of H-pyrrole nitrogens is 1. The summed E-state index contributed by atoms with van der Waals surface area (Å²) in [5.74, 6) is -0.991. The first-order valence-corrected chi connectivity index (χ1v) is 10.0. The lowest BCUT2D eigenvalue weighted by atomic mass is 10.0. The minimum absolute atomic E-state index is 0.0675. The van der Waals surface area contributed by atoms with Gasteiger partial charge in [0.2, 0.25) is 5.91 Å². The van der Waals surface area contributed by atoms with Crippen molar-refractivity contribution in [2.45, 2.75) is 24.9 Å². The van der Waals surface area contributed by atoms with Crippen LogP contribution in [-0.2, 0) is 11.2 Å². The number of likely N-dealkylation sites (tertiary alicyclic amines) is 1. The standard InChI is InChI=1S/C21H21ClFN5O2/c22-19-9-13-8-16(26-18(13)10-25-19)20(29)27-17(7-12-1-3-14(23)4-2-12)21(30)28-6-5-15(24)11-28/h1-4,8-10,15,17,26H,5-7,11,24H2,(H,27,29)/t15-,17-/m0/s1. The van der Waals surface area contributed by atoms with Gasteiger partial charge in [0, 0.05) is 30.9 Å². The summed E-state index contributed by atoms with van der Waals surface area (Å²) >= 11 is 5.91. The van der Waals surface area contributed by atoms with Crippen LogP contribution in [0.25, 0.3) is 10.9 Å². The van der Waals surface area contributed by atoms with Gasteiger partial charge in [0.25, 0.3) is 5.91 Å². The number of halogens is 2. The molecule has 30 heavy (non-hydrogen) atoms. The number of nitrogens with zero attached hydrogens (tertiary/aromatic N) is 2. The topological polar surface area (TPSA) is 104 Å². The summed E-state index contributed by atoms with van der Waals surface area (Å²) in [5, 5.41) is 3.88. The predicted octanol–water partition coefficient (Wildman–Crippen LogP) is 2.26. The third-order valence-corrected chi connectivity index (χ3v) is 5.42. The zero-order valence-corrected chi connectivity index (χ0v) is 16.8. The van der Waals surface area contributed by atoms with Crippen LogP contribution < -0.4 is 11.1 Å². The van der Waals surface area contributed by atoms with Gasteiger partial charge in [0.05, 0.1) is 11.7 Å². The number of nitrogens with two attached hydrogens (primary N) is 1. The Morgan fingerprint density at radius 3 is 2.80 bits per heavy atom. The average molecular weight is 430 g/mol. The van der Waals surface area contributed by atoms with Crippen molar-refractivity contribution in [3.05, 3.63) is 64.8 Å². The average Bonchev–Trinajstić information content (AvgIpc) is 3.34. The first-order valence-electron chi connectivity index (χ1n) is 9.63. The van der Waals surface area contributed by atoms with Crippen LogP contribution in [0.1, 0.15) is 22.5 Å². The van der Waals surface area contributed by atoms with E-state index in [0.29, 0.717) is 29.5 Å². The second-order valence-electron chi connectivity index (χ2n) is 7.47. The molecular formula is C21H21ClFN5O2. The maximum Gasteiger partial charge on any atom is 0.268 e. The maximum atomic E-state index is 13.3. The molecule has 4 N–H and O–H groups in total.